The fourth-order valence-electron chi connectivity index (χ4n) is 0.775. The zero-order valence-corrected chi connectivity index (χ0v) is 6.86. The molecule has 0 bridgehead atoms. The van der Waals surface area contributed by atoms with Crippen LogP contribution in [0.1, 0.15) is 0 Å². The lowest BCUT2D eigenvalue weighted by Crippen LogP contribution is -2.59. The fraction of sp³-hybridized carbons (Fsp3) is 0.500. The Bertz CT molecular complexity index is 256. The molecule has 0 aliphatic rings. The first-order chi connectivity index (χ1) is 5.55. The highest BCUT2D eigenvalue weighted by Crippen LogP contribution is 2.05. The highest BCUT2D eigenvalue weighted by atomic mass is 16.3. The number of nitrogens with one attached hydrogen (secondary N) is 1. The third-order valence-electron chi connectivity index (χ3n) is 1.44. The molecule has 1 aromatic heterocycles. The van der Waals surface area contributed by atoms with Gasteiger partial charge in [0.1, 0.15) is 5.82 Å². The van der Waals surface area contributed by atoms with Gasteiger partial charge in [-0.2, -0.15) is 5.10 Å². The summed E-state index contributed by atoms with van der Waals surface area (Å²) in [5.74, 6) is -0.637. The minimum Gasteiger partial charge on any atom is -0.391 e. The largest absolute Gasteiger partial charge is 0.391 e. The van der Waals surface area contributed by atoms with Gasteiger partial charge in [-0.05, 0) is 0 Å². The van der Waals surface area contributed by atoms with Crippen LogP contribution in [0, 0.1) is 0 Å². The Balaban J connectivity index is 2.70. The van der Waals surface area contributed by atoms with E-state index in [1.807, 2.05) is 0 Å². The Kier molecular flexibility index (Phi) is 2.32. The first-order valence-electron chi connectivity index (χ1n) is 3.50. The summed E-state index contributed by atoms with van der Waals surface area (Å²) in [4.78, 5) is 0. The van der Waals surface area contributed by atoms with Gasteiger partial charge in [0, 0.05) is 13.1 Å². The summed E-state index contributed by atoms with van der Waals surface area (Å²) in [6.45, 7) is -0.349. The lowest BCUT2D eigenvalue weighted by Gasteiger charge is -2.23. The molecule has 0 aromatic carbocycles. The second-order valence-corrected chi connectivity index (χ2v) is 2.66. The van der Waals surface area contributed by atoms with Crippen LogP contribution in [0.3, 0.4) is 0 Å². The molecule has 0 saturated carbocycles. The lowest BCUT2D eigenvalue weighted by atomic mass is 10.4. The number of hydrogen-bond acceptors (Lipinski definition) is 5. The fourth-order valence-corrected chi connectivity index (χ4v) is 0.775. The van der Waals surface area contributed by atoms with E-state index < -0.39 is 5.79 Å². The van der Waals surface area contributed by atoms with E-state index in [1.54, 1.807) is 24.0 Å². The van der Waals surface area contributed by atoms with E-state index in [-0.39, 0.29) is 6.61 Å². The van der Waals surface area contributed by atoms with Gasteiger partial charge in [0.2, 0.25) is 0 Å². The van der Waals surface area contributed by atoms with Crippen molar-refractivity contribution in [2.24, 2.45) is 18.5 Å². The Labute approximate surface area is 70.2 Å². The van der Waals surface area contributed by atoms with E-state index in [1.165, 1.54) is 0 Å². The third kappa shape index (κ3) is 1.94. The number of hydrogen-bond donors (Lipinski definition) is 4. The van der Waals surface area contributed by atoms with Gasteiger partial charge >= 0.3 is 0 Å². The maximum atomic E-state index is 8.74. The van der Waals surface area contributed by atoms with Gasteiger partial charge < -0.3 is 10.4 Å². The van der Waals surface area contributed by atoms with Gasteiger partial charge in [-0.3, -0.25) is 16.1 Å². The molecule has 0 fully saturated rings. The maximum absolute atomic E-state index is 8.74. The van der Waals surface area contributed by atoms with Crippen LogP contribution in [0.2, 0.25) is 0 Å². The number of aliphatic hydroxyl groups is 1. The average molecular weight is 171 g/mol. The maximum Gasteiger partial charge on any atom is 0.163 e. The molecule has 68 valence electrons. The van der Waals surface area contributed by atoms with Crippen LogP contribution in [0.25, 0.3) is 0 Å². The zero-order valence-electron chi connectivity index (χ0n) is 6.86. The number of anilines is 1. The van der Waals surface area contributed by atoms with Crippen LogP contribution in [0.5, 0.6) is 0 Å². The molecule has 12 heavy (non-hydrogen) atoms. The average Bonchev–Trinajstić information content (AvgIpc) is 2.36. The van der Waals surface area contributed by atoms with Crippen LogP contribution in [0.15, 0.2) is 12.3 Å². The van der Waals surface area contributed by atoms with Crippen LogP contribution in [-0.4, -0.2) is 27.3 Å². The van der Waals surface area contributed by atoms with Crippen LogP contribution >= 0.6 is 0 Å². The van der Waals surface area contributed by atoms with Crippen molar-refractivity contribution in [2.45, 2.75) is 5.79 Å². The Hall–Kier alpha value is -1.11. The minimum absolute atomic E-state index is 0.349. The quantitative estimate of drug-likeness (QED) is 0.410. The molecule has 1 heterocycles. The SMILES string of the molecule is Cn1nccc1NC(N)(N)CO. The molecule has 0 spiro atoms. The summed E-state index contributed by atoms with van der Waals surface area (Å²) in [5, 5.41) is 15.4. The number of nitrogens with zero attached hydrogens (tertiary/aromatic N) is 2. The normalized spacial score (nSPS) is 11.7. The molecule has 0 aliphatic carbocycles. The third-order valence-corrected chi connectivity index (χ3v) is 1.44. The molecule has 0 radical (unpaired) electrons. The molecule has 6 nitrogen and oxygen atoms in total. The summed E-state index contributed by atoms with van der Waals surface area (Å²) in [6, 6.07) is 1.71. The zero-order chi connectivity index (χ0) is 9.19. The van der Waals surface area contributed by atoms with Crippen molar-refractivity contribution in [1.29, 1.82) is 0 Å². The summed E-state index contributed by atoms with van der Waals surface area (Å²) in [5.41, 5.74) is 10.9. The topological polar surface area (TPSA) is 102 Å². The van der Waals surface area contributed by atoms with Gasteiger partial charge in [-0.1, -0.05) is 0 Å². The Morgan fingerprint density at radius 1 is 1.75 bits per heavy atom. The highest BCUT2D eigenvalue weighted by Gasteiger charge is 2.17. The molecule has 6 heteroatoms. The summed E-state index contributed by atoms with van der Waals surface area (Å²) in [6.07, 6.45) is 1.61. The molecule has 0 unspecified atom stereocenters. The number of aromatic nitrogens is 2. The first kappa shape index (κ1) is 8.98. The van der Waals surface area contributed by atoms with Crippen LogP contribution in [-0.2, 0) is 7.05 Å². The summed E-state index contributed by atoms with van der Waals surface area (Å²) < 4.78 is 1.57. The van der Waals surface area contributed by atoms with Crippen LogP contribution < -0.4 is 16.8 Å². The number of rotatable bonds is 3. The van der Waals surface area contributed by atoms with E-state index >= 15 is 0 Å². The molecule has 1 aromatic rings. The van der Waals surface area contributed by atoms with Gasteiger partial charge in [0.05, 0.1) is 12.8 Å². The van der Waals surface area contributed by atoms with Gasteiger partial charge in [0.25, 0.3) is 0 Å². The molecular formula is C6H13N5O. The molecule has 0 atom stereocenters. The number of nitrogens with two attached hydrogens (primary N) is 2. The second-order valence-electron chi connectivity index (χ2n) is 2.66. The summed E-state index contributed by atoms with van der Waals surface area (Å²) in [7, 11) is 1.75. The van der Waals surface area contributed by atoms with Crippen molar-refractivity contribution >= 4 is 5.82 Å². The smallest absolute Gasteiger partial charge is 0.163 e. The monoisotopic (exact) mass is 171 g/mol. The number of aryl methyl sites for hydroxylation is 1. The minimum atomic E-state index is -1.30. The van der Waals surface area contributed by atoms with Crippen molar-refractivity contribution < 1.29 is 5.11 Å². The predicted octanol–water partition coefficient (Wildman–Crippen LogP) is -1.60. The van der Waals surface area contributed by atoms with Crippen molar-refractivity contribution in [1.82, 2.24) is 9.78 Å². The van der Waals surface area contributed by atoms with Crippen molar-refractivity contribution in [3.8, 4) is 0 Å². The number of aliphatic hydroxyl groups excluding tert-OH is 1. The predicted molar refractivity (Wildman–Crippen MR) is 45.0 cm³/mol. The van der Waals surface area contributed by atoms with E-state index in [4.69, 9.17) is 16.6 Å². The van der Waals surface area contributed by atoms with E-state index in [0.29, 0.717) is 5.82 Å². The van der Waals surface area contributed by atoms with E-state index in [2.05, 4.69) is 10.4 Å². The lowest BCUT2D eigenvalue weighted by molar-refractivity contribution is 0.218. The molecule has 0 amide bonds. The molecule has 0 saturated heterocycles. The van der Waals surface area contributed by atoms with Gasteiger partial charge in [-0.15, -0.1) is 0 Å². The first-order valence-corrected chi connectivity index (χ1v) is 3.50. The van der Waals surface area contributed by atoms with Gasteiger partial charge in [0.15, 0.2) is 5.79 Å². The van der Waals surface area contributed by atoms with Crippen molar-refractivity contribution in [3.63, 3.8) is 0 Å². The standard InChI is InChI=1S/C6H13N5O/c1-11-5(2-3-9-11)10-6(7,8)4-12/h2-3,10,12H,4,7-8H2,1H3. The van der Waals surface area contributed by atoms with Gasteiger partial charge in [-0.25, -0.2) is 0 Å². The molecule has 0 aliphatic heterocycles. The highest BCUT2D eigenvalue weighted by molar-refractivity contribution is 5.36. The molecule has 1 rings (SSSR count). The second kappa shape index (κ2) is 3.10. The van der Waals surface area contributed by atoms with Crippen molar-refractivity contribution in [3.05, 3.63) is 12.3 Å². The van der Waals surface area contributed by atoms with Crippen molar-refractivity contribution in [2.75, 3.05) is 11.9 Å². The summed E-state index contributed by atoms with van der Waals surface area (Å²) >= 11 is 0. The van der Waals surface area contributed by atoms with Crippen LogP contribution in [0.4, 0.5) is 5.82 Å². The Morgan fingerprint density at radius 3 is 2.83 bits per heavy atom. The Morgan fingerprint density at radius 2 is 2.42 bits per heavy atom. The van der Waals surface area contributed by atoms with E-state index in [0.717, 1.165) is 0 Å². The molecular weight excluding hydrogens is 158 g/mol. The van der Waals surface area contributed by atoms with E-state index in [9.17, 15) is 0 Å². The molecule has 6 N–H and O–H groups in total.